The Labute approximate surface area is 151 Å². The summed E-state index contributed by atoms with van der Waals surface area (Å²) >= 11 is 0. The predicted molar refractivity (Wildman–Crippen MR) is 101 cm³/mol. The summed E-state index contributed by atoms with van der Waals surface area (Å²) in [5.74, 6) is 0.694. The number of carbonyl (C=O) groups is 2. The summed E-state index contributed by atoms with van der Waals surface area (Å²) in [7, 11) is 0. The largest absolute Gasteiger partial charge is 0.349 e. The van der Waals surface area contributed by atoms with E-state index in [1.54, 1.807) is 4.90 Å². The monoisotopic (exact) mass is 342 g/mol. The van der Waals surface area contributed by atoms with Crippen LogP contribution in [0.25, 0.3) is 0 Å². The third-order valence-corrected chi connectivity index (χ3v) is 5.71. The molecule has 1 aromatic carbocycles. The lowest BCUT2D eigenvalue weighted by atomic mass is 9.69. The summed E-state index contributed by atoms with van der Waals surface area (Å²) in [5.41, 5.74) is 1.77. The maximum absolute atomic E-state index is 12.7. The molecular weight excluding hydrogens is 312 g/mol. The van der Waals surface area contributed by atoms with E-state index in [9.17, 15) is 9.59 Å². The Bertz CT molecular complexity index is 630. The average Bonchev–Trinajstić information content (AvgIpc) is 3.00. The van der Waals surface area contributed by atoms with Crippen LogP contribution in [-0.4, -0.2) is 24.4 Å². The molecule has 1 saturated carbocycles. The van der Waals surface area contributed by atoms with Crippen molar-refractivity contribution in [2.45, 2.75) is 65.3 Å². The third-order valence-electron chi connectivity index (χ3n) is 5.71. The smallest absolute Gasteiger partial charge is 0.251 e. The fourth-order valence-corrected chi connectivity index (χ4v) is 4.31. The predicted octanol–water partition coefficient (Wildman–Crippen LogP) is 4.15. The van der Waals surface area contributed by atoms with Crippen LogP contribution in [0, 0.1) is 11.3 Å². The molecule has 0 bridgehead atoms. The maximum Gasteiger partial charge on any atom is 0.251 e. The van der Waals surface area contributed by atoms with Gasteiger partial charge >= 0.3 is 0 Å². The molecule has 25 heavy (non-hydrogen) atoms. The number of rotatable bonds is 3. The van der Waals surface area contributed by atoms with E-state index in [0.717, 1.165) is 25.1 Å². The summed E-state index contributed by atoms with van der Waals surface area (Å²) in [6.45, 7) is 7.58. The molecule has 2 fully saturated rings. The molecule has 1 saturated heterocycles. The number of benzene rings is 1. The van der Waals surface area contributed by atoms with Gasteiger partial charge in [0.05, 0.1) is 0 Å². The summed E-state index contributed by atoms with van der Waals surface area (Å²) in [6.07, 6.45) is 6.23. The van der Waals surface area contributed by atoms with E-state index in [0.29, 0.717) is 17.9 Å². The molecule has 1 N–H and O–H groups in total. The lowest BCUT2D eigenvalue weighted by Crippen LogP contribution is -2.46. The van der Waals surface area contributed by atoms with E-state index in [2.05, 4.69) is 26.1 Å². The van der Waals surface area contributed by atoms with Crippen molar-refractivity contribution >= 4 is 17.5 Å². The second kappa shape index (κ2) is 7.19. The van der Waals surface area contributed by atoms with Crippen molar-refractivity contribution < 1.29 is 9.59 Å². The van der Waals surface area contributed by atoms with Crippen molar-refractivity contribution in [1.29, 1.82) is 0 Å². The standard InChI is InChI=1S/C21H30N2O2/c1-21(2,3)17-7-4-5-8-18(17)22-20(25)15-10-12-16(13-11-15)23-14-6-9-19(23)24/h10-13,17-18H,4-9,14H2,1-3H3,(H,22,25)/t17-,18+/m1/s1. The molecule has 1 aromatic rings. The van der Waals surface area contributed by atoms with Crippen LogP contribution in [-0.2, 0) is 4.79 Å². The van der Waals surface area contributed by atoms with Crippen LogP contribution in [0.3, 0.4) is 0 Å². The molecule has 2 atom stereocenters. The quantitative estimate of drug-likeness (QED) is 0.897. The molecule has 0 spiro atoms. The topological polar surface area (TPSA) is 49.4 Å². The normalized spacial score (nSPS) is 24.4. The van der Waals surface area contributed by atoms with Crippen LogP contribution in [0.2, 0.25) is 0 Å². The van der Waals surface area contributed by atoms with Crippen LogP contribution < -0.4 is 10.2 Å². The number of anilines is 1. The molecule has 4 nitrogen and oxygen atoms in total. The average molecular weight is 342 g/mol. The summed E-state index contributed by atoms with van der Waals surface area (Å²) in [5, 5.41) is 3.27. The van der Waals surface area contributed by atoms with Crippen molar-refractivity contribution in [2.75, 3.05) is 11.4 Å². The maximum atomic E-state index is 12.7. The number of carbonyl (C=O) groups excluding carboxylic acids is 2. The molecule has 0 radical (unpaired) electrons. The van der Waals surface area contributed by atoms with E-state index in [1.165, 1.54) is 19.3 Å². The second-order valence-corrected chi connectivity index (χ2v) is 8.53. The van der Waals surface area contributed by atoms with Gasteiger partial charge in [0.15, 0.2) is 0 Å². The molecule has 4 heteroatoms. The SMILES string of the molecule is CC(C)(C)[C@@H]1CCCC[C@@H]1NC(=O)c1ccc(N2CCCC2=O)cc1. The van der Waals surface area contributed by atoms with Gasteiger partial charge in [0.25, 0.3) is 5.91 Å². The molecule has 0 aromatic heterocycles. The lowest BCUT2D eigenvalue weighted by molar-refractivity contribution is -0.117. The molecule has 2 aliphatic rings. The highest BCUT2D eigenvalue weighted by Crippen LogP contribution is 2.38. The highest BCUT2D eigenvalue weighted by molar-refractivity contribution is 5.97. The molecular formula is C21H30N2O2. The zero-order valence-corrected chi connectivity index (χ0v) is 15.7. The summed E-state index contributed by atoms with van der Waals surface area (Å²) in [4.78, 5) is 26.3. The first-order valence-corrected chi connectivity index (χ1v) is 9.57. The molecule has 2 amide bonds. The Balaban J connectivity index is 1.67. The Kier molecular flexibility index (Phi) is 5.16. The second-order valence-electron chi connectivity index (χ2n) is 8.53. The molecule has 1 heterocycles. The number of nitrogens with zero attached hydrogens (tertiary/aromatic N) is 1. The minimum atomic E-state index is 0.000415. The van der Waals surface area contributed by atoms with E-state index in [1.807, 2.05) is 24.3 Å². The fourth-order valence-electron chi connectivity index (χ4n) is 4.31. The first-order chi connectivity index (χ1) is 11.9. The van der Waals surface area contributed by atoms with Crippen LogP contribution in [0.1, 0.15) is 69.7 Å². The van der Waals surface area contributed by atoms with Crippen molar-refractivity contribution in [3.05, 3.63) is 29.8 Å². The number of hydrogen-bond acceptors (Lipinski definition) is 2. The van der Waals surface area contributed by atoms with Gasteiger partial charge in [-0.3, -0.25) is 9.59 Å². The van der Waals surface area contributed by atoms with Crippen LogP contribution in [0.15, 0.2) is 24.3 Å². The molecule has 1 aliphatic heterocycles. The van der Waals surface area contributed by atoms with Gasteiger partial charge in [-0.25, -0.2) is 0 Å². The van der Waals surface area contributed by atoms with Gasteiger partial charge in [0, 0.05) is 30.3 Å². The van der Waals surface area contributed by atoms with E-state index in [4.69, 9.17) is 0 Å². The third kappa shape index (κ3) is 4.05. The van der Waals surface area contributed by atoms with E-state index < -0.39 is 0 Å². The van der Waals surface area contributed by atoms with Gasteiger partial charge in [0.1, 0.15) is 0 Å². The Morgan fingerprint density at radius 1 is 1.08 bits per heavy atom. The minimum absolute atomic E-state index is 0.000415. The lowest BCUT2D eigenvalue weighted by Gasteiger charge is -2.40. The number of hydrogen-bond donors (Lipinski definition) is 1. The van der Waals surface area contributed by atoms with Crippen molar-refractivity contribution in [3.63, 3.8) is 0 Å². The van der Waals surface area contributed by atoms with Gasteiger partial charge in [-0.2, -0.15) is 0 Å². The molecule has 3 rings (SSSR count). The van der Waals surface area contributed by atoms with Crippen molar-refractivity contribution in [1.82, 2.24) is 5.32 Å². The summed E-state index contributed by atoms with van der Waals surface area (Å²) < 4.78 is 0. The van der Waals surface area contributed by atoms with Crippen LogP contribution in [0.4, 0.5) is 5.69 Å². The van der Waals surface area contributed by atoms with Gasteiger partial charge in [-0.1, -0.05) is 33.6 Å². The molecule has 136 valence electrons. The van der Waals surface area contributed by atoms with Crippen LogP contribution in [0.5, 0.6) is 0 Å². The number of amides is 2. The van der Waals surface area contributed by atoms with E-state index >= 15 is 0 Å². The molecule has 1 aliphatic carbocycles. The first kappa shape index (κ1) is 18.0. The van der Waals surface area contributed by atoms with E-state index in [-0.39, 0.29) is 23.3 Å². The Hall–Kier alpha value is -1.84. The van der Waals surface area contributed by atoms with Gasteiger partial charge in [0.2, 0.25) is 5.91 Å². The highest BCUT2D eigenvalue weighted by Gasteiger charge is 2.35. The van der Waals surface area contributed by atoms with Gasteiger partial charge in [-0.15, -0.1) is 0 Å². The van der Waals surface area contributed by atoms with Gasteiger partial charge < -0.3 is 10.2 Å². The zero-order chi connectivity index (χ0) is 18.0. The fraction of sp³-hybridized carbons (Fsp3) is 0.619. The highest BCUT2D eigenvalue weighted by atomic mass is 16.2. The number of nitrogens with one attached hydrogen (secondary N) is 1. The Morgan fingerprint density at radius 2 is 1.76 bits per heavy atom. The zero-order valence-electron chi connectivity index (χ0n) is 15.7. The summed E-state index contributed by atoms with van der Waals surface area (Å²) in [6, 6.07) is 7.71. The van der Waals surface area contributed by atoms with Crippen molar-refractivity contribution in [3.8, 4) is 0 Å². The van der Waals surface area contributed by atoms with Crippen molar-refractivity contribution in [2.24, 2.45) is 11.3 Å². The van der Waals surface area contributed by atoms with Gasteiger partial charge in [-0.05, 0) is 54.9 Å². The molecule has 0 unspecified atom stereocenters. The minimum Gasteiger partial charge on any atom is -0.349 e. The van der Waals surface area contributed by atoms with Crippen LogP contribution >= 0.6 is 0 Å². The first-order valence-electron chi connectivity index (χ1n) is 9.57. The Morgan fingerprint density at radius 3 is 2.36 bits per heavy atom.